The van der Waals surface area contributed by atoms with Gasteiger partial charge in [0, 0.05) is 23.1 Å². The molecule has 1 aromatic heterocycles. The summed E-state index contributed by atoms with van der Waals surface area (Å²) in [5.41, 5.74) is 10.7. The number of methoxy groups -OCH3 is 2. The van der Waals surface area contributed by atoms with Crippen LogP contribution in [0, 0.1) is 0 Å². The molecule has 0 spiro atoms. The van der Waals surface area contributed by atoms with Crippen molar-refractivity contribution in [3.05, 3.63) is 47.7 Å². The minimum absolute atomic E-state index is 0.0521. The van der Waals surface area contributed by atoms with Crippen LogP contribution < -0.4 is 15.2 Å². The molecule has 0 saturated heterocycles. The van der Waals surface area contributed by atoms with Gasteiger partial charge in [0.05, 0.1) is 43.2 Å². The molecule has 6 nitrogen and oxygen atoms in total. The highest BCUT2D eigenvalue weighted by Gasteiger charge is 2.31. The fourth-order valence-corrected chi connectivity index (χ4v) is 3.62. The second-order valence-electron chi connectivity index (χ2n) is 6.43. The van der Waals surface area contributed by atoms with Crippen LogP contribution in [0.4, 0.5) is 5.69 Å². The second-order valence-corrected chi connectivity index (χ2v) is 6.43. The van der Waals surface area contributed by atoms with Crippen molar-refractivity contribution in [3.63, 3.8) is 0 Å². The highest BCUT2D eigenvalue weighted by molar-refractivity contribution is 6.11. The number of amides is 1. The molecule has 1 amide bonds. The summed E-state index contributed by atoms with van der Waals surface area (Å²) in [5, 5.41) is 0.766. The number of hydrogen-bond donors (Lipinski definition) is 1. The number of anilines is 1. The Balaban J connectivity index is 2.00. The van der Waals surface area contributed by atoms with Gasteiger partial charge in [-0.1, -0.05) is 18.2 Å². The fourth-order valence-electron chi connectivity index (χ4n) is 3.62. The van der Waals surface area contributed by atoms with Crippen LogP contribution in [0.25, 0.3) is 22.0 Å². The topological polar surface area (TPSA) is 77.7 Å². The van der Waals surface area contributed by atoms with E-state index in [9.17, 15) is 4.79 Å². The molecular weight excluding hydrogens is 342 g/mol. The van der Waals surface area contributed by atoms with E-state index < -0.39 is 0 Å². The lowest BCUT2D eigenvalue weighted by Gasteiger charge is -2.14. The van der Waals surface area contributed by atoms with Gasteiger partial charge in [0.25, 0.3) is 5.91 Å². The minimum Gasteiger partial charge on any atom is -0.497 e. The summed E-state index contributed by atoms with van der Waals surface area (Å²) in [4.78, 5) is 19.2. The largest absolute Gasteiger partial charge is 0.497 e. The zero-order valence-electron chi connectivity index (χ0n) is 15.6. The standard InChI is InChI=1S/C21H21N3O3/c1-4-24-11-16-18(21(24)25)19(22)14-7-5-6-13(20(14)23-16)15-10-12(26-2)8-9-17(15)27-3/h5-10H,4,11H2,1-3H3,(H2,22,23). The number of rotatable bonds is 4. The van der Waals surface area contributed by atoms with Crippen LogP contribution in [0.5, 0.6) is 11.5 Å². The van der Waals surface area contributed by atoms with Gasteiger partial charge in [0.15, 0.2) is 0 Å². The van der Waals surface area contributed by atoms with E-state index in [1.54, 1.807) is 19.1 Å². The van der Waals surface area contributed by atoms with Gasteiger partial charge in [0.2, 0.25) is 0 Å². The molecule has 0 bridgehead atoms. The van der Waals surface area contributed by atoms with E-state index >= 15 is 0 Å². The number of para-hydroxylation sites is 1. The third-order valence-electron chi connectivity index (χ3n) is 5.05. The fraction of sp³-hybridized carbons (Fsp3) is 0.238. The van der Waals surface area contributed by atoms with Crippen LogP contribution in [0.2, 0.25) is 0 Å². The van der Waals surface area contributed by atoms with E-state index in [1.807, 2.05) is 43.3 Å². The molecule has 0 aliphatic carbocycles. The average molecular weight is 363 g/mol. The number of carbonyl (C=O) groups is 1. The van der Waals surface area contributed by atoms with Crippen molar-refractivity contribution in [2.45, 2.75) is 13.5 Å². The molecule has 27 heavy (non-hydrogen) atoms. The molecule has 0 fully saturated rings. The summed E-state index contributed by atoms with van der Waals surface area (Å²) in [6.45, 7) is 3.06. The number of pyridine rings is 1. The zero-order chi connectivity index (χ0) is 19.1. The predicted octanol–water partition coefficient (Wildman–Crippen LogP) is 3.48. The van der Waals surface area contributed by atoms with Crippen LogP contribution in [0.1, 0.15) is 23.0 Å². The first-order valence-electron chi connectivity index (χ1n) is 8.81. The van der Waals surface area contributed by atoms with Gasteiger partial charge in [-0.2, -0.15) is 0 Å². The average Bonchev–Trinajstić information content (AvgIpc) is 3.03. The molecule has 4 rings (SSSR count). The number of nitrogens with zero attached hydrogens (tertiary/aromatic N) is 2. The van der Waals surface area contributed by atoms with Crippen molar-refractivity contribution in [1.82, 2.24) is 9.88 Å². The van der Waals surface area contributed by atoms with E-state index in [0.717, 1.165) is 39.2 Å². The molecule has 0 atom stereocenters. The summed E-state index contributed by atoms with van der Waals surface area (Å²) < 4.78 is 10.9. The van der Waals surface area contributed by atoms with E-state index in [0.29, 0.717) is 24.3 Å². The number of benzene rings is 2. The lowest BCUT2D eigenvalue weighted by atomic mass is 9.98. The van der Waals surface area contributed by atoms with Gasteiger partial charge in [0.1, 0.15) is 11.5 Å². The predicted molar refractivity (Wildman–Crippen MR) is 105 cm³/mol. The molecule has 0 radical (unpaired) electrons. The van der Waals surface area contributed by atoms with Gasteiger partial charge in [-0.3, -0.25) is 4.79 Å². The van der Waals surface area contributed by atoms with Crippen molar-refractivity contribution in [2.75, 3.05) is 26.5 Å². The van der Waals surface area contributed by atoms with E-state index in [2.05, 4.69) is 0 Å². The lowest BCUT2D eigenvalue weighted by molar-refractivity contribution is 0.0787. The molecule has 2 aromatic carbocycles. The van der Waals surface area contributed by atoms with Gasteiger partial charge >= 0.3 is 0 Å². The molecular formula is C21H21N3O3. The van der Waals surface area contributed by atoms with Crippen LogP contribution in [-0.2, 0) is 6.54 Å². The molecule has 2 N–H and O–H groups in total. The summed E-state index contributed by atoms with van der Waals surface area (Å²) in [6.07, 6.45) is 0. The Morgan fingerprint density at radius 3 is 2.67 bits per heavy atom. The maximum atomic E-state index is 12.6. The monoisotopic (exact) mass is 363 g/mol. The molecule has 1 aliphatic heterocycles. The summed E-state index contributed by atoms with van der Waals surface area (Å²) in [6, 6.07) is 11.4. The van der Waals surface area contributed by atoms with Crippen molar-refractivity contribution < 1.29 is 14.3 Å². The van der Waals surface area contributed by atoms with Crippen molar-refractivity contribution in [1.29, 1.82) is 0 Å². The normalized spacial score (nSPS) is 13.1. The van der Waals surface area contributed by atoms with E-state index in [4.69, 9.17) is 20.2 Å². The zero-order valence-corrected chi connectivity index (χ0v) is 15.6. The maximum Gasteiger partial charge on any atom is 0.258 e. The number of ether oxygens (including phenoxy) is 2. The number of hydrogen-bond acceptors (Lipinski definition) is 5. The van der Waals surface area contributed by atoms with E-state index in [-0.39, 0.29) is 5.91 Å². The number of carbonyl (C=O) groups excluding carboxylic acids is 1. The third-order valence-corrected chi connectivity index (χ3v) is 5.05. The smallest absolute Gasteiger partial charge is 0.258 e. The number of nitrogen functional groups attached to an aromatic ring is 1. The molecule has 1 aliphatic rings. The van der Waals surface area contributed by atoms with Gasteiger partial charge in [-0.25, -0.2) is 4.98 Å². The molecule has 6 heteroatoms. The molecule has 3 aromatic rings. The van der Waals surface area contributed by atoms with Crippen molar-refractivity contribution in [3.8, 4) is 22.6 Å². The van der Waals surface area contributed by atoms with Gasteiger partial charge in [-0.05, 0) is 25.1 Å². The quantitative estimate of drug-likeness (QED) is 0.768. The highest BCUT2D eigenvalue weighted by atomic mass is 16.5. The van der Waals surface area contributed by atoms with Crippen LogP contribution in [-0.4, -0.2) is 36.6 Å². The molecule has 138 valence electrons. The van der Waals surface area contributed by atoms with Gasteiger partial charge < -0.3 is 20.1 Å². The number of aromatic nitrogens is 1. The molecule has 0 saturated carbocycles. The van der Waals surface area contributed by atoms with Crippen molar-refractivity contribution in [2.24, 2.45) is 0 Å². The lowest BCUT2D eigenvalue weighted by Crippen LogP contribution is -2.23. The number of fused-ring (bicyclic) bond motifs is 2. The Kier molecular flexibility index (Phi) is 4.11. The Labute approximate surface area is 157 Å². The minimum atomic E-state index is -0.0521. The maximum absolute atomic E-state index is 12.6. The Morgan fingerprint density at radius 2 is 1.96 bits per heavy atom. The second kappa shape index (κ2) is 6.46. The first-order valence-corrected chi connectivity index (χ1v) is 8.81. The Bertz CT molecular complexity index is 1060. The SMILES string of the molecule is CCN1Cc2nc3c(-c4cc(OC)ccc4OC)cccc3c(N)c2C1=O. The summed E-state index contributed by atoms with van der Waals surface area (Å²) in [5.74, 6) is 1.39. The van der Waals surface area contributed by atoms with Crippen molar-refractivity contribution >= 4 is 22.5 Å². The first kappa shape index (κ1) is 17.1. The van der Waals surface area contributed by atoms with Crippen LogP contribution in [0.3, 0.4) is 0 Å². The van der Waals surface area contributed by atoms with Crippen LogP contribution >= 0.6 is 0 Å². The van der Waals surface area contributed by atoms with Gasteiger partial charge in [-0.15, -0.1) is 0 Å². The van der Waals surface area contributed by atoms with E-state index in [1.165, 1.54) is 0 Å². The third kappa shape index (κ3) is 2.56. The molecule has 0 unspecified atom stereocenters. The van der Waals surface area contributed by atoms with Crippen LogP contribution in [0.15, 0.2) is 36.4 Å². The summed E-state index contributed by atoms with van der Waals surface area (Å²) >= 11 is 0. The first-order chi connectivity index (χ1) is 13.1. The Morgan fingerprint density at radius 1 is 1.15 bits per heavy atom. The Hall–Kier alpha value is -3.28. The number of nitrogens with two attached hydrogens (primary N) is 1. The summed E-state index contributed by atoms with van der Waals surface area (Å²) in [7, 11) is 3.26. The highest BCUT2D eigenvalue weighted by Crippen LogP contribution is 2.40. The molecule has 2 heterocycles.